The van der Waals surface area contributed by atoms with Crippen LogP contribution < -0.4 is 5.73 Å². The Balaban J connectivity index is 0.898. The van der Waals surface area contributed by atoms with E-state index in [1.807, 2.05) is 54.6 Å². The molecular weight excluding hydrogens is 997 g/mol. The van der Waals surface area contributed by atoms with E-state index in [2.05, 4.69) is 255 Å². The zero-order chi connectivity index (χ0) is 54.3. The lowest BCUT2D eigenvalue weighted by molar-refractivity contribution is 1.06. The second kappa shape index (κ2) is 19.2. The van der Waals surface area contributed by atoms with Gasteiger partial charge in [0.25, 0.3) is 0 Å². The van der Waals surface area contributed by atoms with Crippen molar-refractivity contribution in [3.05, 3.63) is 308 Å². The van der Waals surface area contributed by atoms with E-state index in [1.54, 1.807) is 0 Å². The number of aromatic nitrogens is 4. The quantitative estimate of drug-likeness (QED) is 0.136. The highest BCUT2D eigenvalue weighted by Gasteiger charge is 2.22. The number of para-hydroxylation sites is 5. The first kappa shape index (κ1) is 47.1. The summed E-state index contributed by atoms with van der Waals surface area (Å²) in [4.78, 5) is 5.28. The van der Waals surface area contributed by atoms with Gasteiger partial charge in [-0.15, -0.1) is 0 Å². The van der Waals surface area contributed by atoms with Gasteiger partial charge in [0.1, 0.15) is 0 Å². The minimum absolute atomic E-state index is 0.466. The molecule has 4 heterocycles. The maximum absolute atomic E-state index is 6.75. The van der Waals surface area contributed by atoms with E-state index in [9.17, 15) is 0 Å². The second-order valence-electron chi connectivity index (χ2n) is 21.3. The summed E-state index contributed by atoms with van der Waals surface area (Å²) in [6.07, 6.45) is 2.00. The summed E-state index contributed by atoms with van der Waals surface area (Å²) in [5, 5.41) is 9.70. The van der Waals surface area contributed by atoms with Crippen LogP contribution in [0.25, 0.3) is 127 Å². The van der Waals surface area contributed by atoms with Crippen molar-refractivity contribution in [2.24, 2.45) is 10.7 Å². The second-order valence-corrected chi connectivity index (χ2v) is 21.3. The van der Waals surface area contributed by atoms with Crippen LogP contribution in [0.1, 0.15) is 16.7 Å². The molecule has 0 atom stereocenters. The molecule has 0 aliphatic heterocycles. The van der Waals surface area contributed by atoms with Crippen LogP contribution in [0.5, 0.6) is 0 Å². The molecule has 16 rings (SSSR count). The molecule has 0 aliphatic carbocycles. The Morgan fingerprint density at radius 2 is 0.659 bits per heavy atom. The maximum Gasteiger partial charge on any atom is 0.0671 e. The van der Waals surface area contributed by atoms with Crippen LogP contribution in [0.2, 0.25) is 0 Å². The Bertz CT molecular complexity index is 5220. The number of benzene rings is 12. The fraction of sp³-hybridized carbons (Fsp3) is 0.0132. The fourth-order valence-corrected chi connectivity index (χ4v) is 12.8. The number of fused-ring (bicyclic) bond motifs is 12. The van der Waals surface area contributed by atoms with Crippen LogP contribution in [-0.2, 0) is 6.54 Å². The predicted molar refractivity (Wildman–Crippen MR) is 345 cm³/mol. The molecule has 6 heteroatoms. The molecule has 0 saturated carbocycles. The van der Waals surface area contributed by atoms with Crippen molar-refractivity contribution in [2.45, 2.75) is 6.54 Å². The lowest BCUT2D eigenvalue weighted by Crippen LogP contribution is -2.04. The van der Waals surface area contributed by atoms with Gasteiger partial charge in [0.2, 0.25) is 0 Å². The van der Waals surface area contributed by atoms with E-state index in [0.717, 1.165) is 72.8 Å². The van der Waals surface area contributed by atoms with E-state index < -0.39 is 0 Å². The average molecular weight is 1050 g/mol. The largest absolute Gasteiger partial charge is 0.398 e. The Labute approximate surface area is 473 Å². The van der Waals surface area contributed by atoms with Gasteiger partial charge in [-0.3, -0.25) is 4.99 Å². The fourth-order valence-electron chi connectivity index (χ4n) is 12.8. The molecule has 4 aromatic heterocycles. The summed E-state index contributed by atoms with van der Waals surface area (Å²) in [6, 6.07) is 103. The first-order chi connectivity index (χ1) is 40.6. The van der Waals surface area contributed by atoms with Gasteiger partial charge in [0.15, 0.2) is 0 Å². The van der Waals surface area contributed by atoms with Crippen LogP contribution in [0.15, 0.2) is 296 Å². The SMILES string of the molecule is N/C(=C\C(=NCc1cccc(-n2c3ccc(-c4ccc5c(c4)c4cc6c7ccccc7n(-c7ccccc7)c6cc4n5-c4ccccc4)cc3c3cc4c5ccccc5n(-c5ccccc5)c4cc32)c1)c1ccccc1)c1ccccc1. The van der Waals surface area contributed by atoms with E-state index in [4.69, 9.17) is 10.7 Å². The molecule has 0 aliphatic rings. The molecule has 0 saturated heterocycles. The van der Waals surface area contributed by atoms with Crippen LogP contribution in [-0.4, -0.2) is 24.0 Å². The summed E-state index contributed by atoms with van der Waals surface area (Å²) in [6.45, 7) is 0.466. The van der Waals surface area contributed by atoms with E-state index in [-0.39, 0.29) is 0 Å². The molecule has 12 aromatic carbocycles. The van der Waals surface area contributed by atoms with Gasteiger partial charge in [-0.1, -0.05) is 176 Å². The topological polar surface area (TPSA) is 58.1 Å². The Kier molecular flexibility index (Phi) is 11.0. The zero-order valence-corrected chi connectivity index (χ0v) is 44.7. The molecule has 0 amide bonds. The Morgan fingerprint density at radius 1 is 0.293 bits per heavy atom. The summed E-state index contributed by atoms with van der Waals surface area (Å²) < 4.78 is 9.72. The number of nitrogens with two attached hydrogens (primary N) is 1. The minimum Gasteiger partial charge on any atom is -0.398 e. The van der Waals surface area contributed by atoms with Crippen molar-refractivity contribution in [3.8, 4) is 33.9 Å². The van der Waals surface area contributed by atoms with Crippen LogP contribution in [0, 0.1) is 0 Å². The highest BCUT2D eigenvalue weighted by atomic mass is 15.0. The maximum atomic E-state index is 6.75. The highest BCUT2D eigenvalue weighted by molar-refractivity contribution is 6.22. The van der Waals surface area contributed by atoms with Gasteiger partial charge in [-0.25, -0.2) is 0 Å². The molecule has 82 heavy (non-hydrogen) atoms. The van der Waals surface area contributed by atoms with Crippen LogP contribution in [0.3, 0.4) is 0 Å². The van der Waals surface area contributed by atoms with Gasteiger partial charge >= 0.3 is 0 Å². The van der Waals surface area contributed by atoms with E-state index >= 15 is 0 Å². The first-order valence-corrected chi connectivity index (χ1v) is 28.0. The molecule has 386 valence electrons. The summed E-state index contributed by atoms with van der Waals surface area (Å²) in [7, 11) is 0. The number of allylic oxidation sites excluding steroid dienone is 1. The molecule has 0 unspecified atom stereocenters. The van der Waals surface area contributed by atoms with Crippen LogP contribution >= 0.6 is 0 Å². The molecule has 2 N–H and O–H groups in total. The first-order valence-electron chi connectivity index (χ1n) is 28.0. The lowest BCUT2D eigenvalue weighted by atomic mass is 9.99. The van der Waals surface area contributed by atoms with Crippen molar-refractivity contribution < 1.29 is 0 Å². The van der Waals surface area contributed by atoms with Gasteiger partial charge in [-0.2, -0.15) is 0 Å². The smallest absolute Gasteiger partial charge is 0.0671 e. The van der Waals surface area contributed by atoms with Gasteiger partial charge in [-0.05, 0) is 143 Å². The molecular formula is C76H52N6. The Hall–Kier alpha value is -11.0. The van der Waals surface area contributed by atoms with Crippen molar-refractivity contribution in [3.63, 3.8) is 0 Å². The number of rotatable bonds is 10. The average Bonchev–Trinajstić information content (AvgIpc) is 4.46. The lowest BCUT2D eigenvalue weighted by Gasteiger charge is -2.12. The van der Waals surface area contributed by atoms with E-state index in [0.29, 0.717) is 12.2 Å². The number of nitrogens with zero attached hydrogens (tertiary/aromatic N) is 5. The molecule has 0 radical (unpaired) electrons. The third kappa shape index (κ3) is 7.68. The van der Waals surface area contributed by atoms with Crippen molar-refractivity contribution in [2.75, 3.05) is 0 Å². The minimum atomic E-state index is 0.466. The normalized spacial score (nSPS) is 12.4. The molecule has 0 fully saturated rings. The van der Waals surface area contributed by atoms with Crippen molar-refractivity contribution >= 4 is 98.6 Å². The monoisotopic (exact) mass is 1050 g/mol. The highest BCUT2D eigenvalue weighted by Crippen LogP contribution is 2.44. The molecule has 0 bridgehead atoms. The Morgan fingerprint density at radius 3 is 1.13 bits per heavy atom. The zero-order valence-electron chi connectivity index (χ0n) is 44.7. The summed E-state index contributed by atoms with van der Waals surface area (Å²) >= 11 is 0. The van der Waals surface area contributed by atoms with Gasteiger partial charge in [0, 0.05) is 71.5 Å². The van der Waals surface area contributed by atoms with Gasteiger partial charge in [0.05, 0.1) is 56.4 Å². The van der Waals surface area contributed by atoms with Crippen LogP contribution in [0.4, 0.5) is 0 Å². The molecule has 0 spiro atoms. The summed E-state index contributed by atoms with van der Waals surface area (Å²) in [5.41, 5.74) is 27.4. The van der Waals surface area contributed by atoms with Crippen molar-refractivity contribution in [1.29, 1.82) is 0 Å². The molecule has 16 aromatic rings. The number of aliphatic imine (C=N–C) groups is 1. The third-order valence-corrected chi connectivity index (χ3v) is 16.6. The standard InChI is InChI=1S/C76H52N6/c77-67(51-22-6-1-7-23-51)46-68(52-24-8-2-9-25-52)78-49-50-21-20-32-58(41-50)82-72-40-38-54(43-62(72)66-45-64-60-34-17-19-36-70(60)80(74(64)48-76(66)82)56-28-12-4-13-29-56)53-37-39-71-61(42-53)65-44-63-59-33-16-18-35-69(59)79(55-26-10-3-11-27-55)73(63)47-75(65)81(71)57-30-14-5-15-31-57/h1-48H,49,77H2/b67-46-,78-68?. The predicted octanol–water partition coefficient (Wildman–Crippen LogP) is 18.7. The number of hydrogen-bond donors (Lipinski definition) is 1. The number of hydrogen-bond acceptors (Lipinski definition) is 2. The van der Waals surface area contributed by atoms with Crippen molar-refractivity contribution in [1.82, 2.24) is 18.3 Å². The third-order valence-electron chi connectivity index (χ3n) is 16.6. The van der Waals surface area contributed by atoms with E-state index in [1.165, 1.54) is 70.7 Å². The molecule has 6 nitrogen and oxygen atoms in total. The summed E-state index contributed by atoms with van der Waals surface area (Å²) in [5.74, 6) is 0. The van der Waals surface area contributed by atoms with Gasteiger partial charge < -0.3 is 24.0 Å².